The molecule has 1 heterocycles. The molecule has 4 rings (SSSR count). The van der Waals surface area contributed by atoms with Gasteiger partial charge in [-0.2, -0.15) is 0 Å². The van der Waals surface area contributed by atoms with Crippen molar-refractivity contribution in [2.45, 2.75) is 77.7 Å². The number of carbonyl (C=O) groups is 1. The number of fused-ring (bicyclic) bond motifs is 3. The molecule has 0 amide bonds. The summed E-state index contributed by atoms with van der Waals surface area (Å²) >= 11 is 0. The van der Waals surface area contributed by atoms with Gasteiger partial charge in [0.25, 0.3) is 0 Å². The maximum atomic E-state index is 12.5. The number of allylic oxidation sites excluding steroid dienone is 4. The molecule has 1 saturated carbocycles. The van der Waals surface area contributed by atoms with Crippen LogP contribution < -0.4 is 0 Å². The summed E-state index contributed by atoms with van der Waals surface area (Å²) in [4.78, 5) is 12.5. The minimum atomic E-state index is -0.746. The maximum Gasteiger partial charge on any atom is 0.351 e. The zero-order valence-electron chi connectivity index (χ0n) is 16.5. The van der Waals surface area contributed by atoms with Crippen molar-refractivity contribution in [2.75, 3.05) is 0 Å². The molecule has 0 aromatic heterocycles. The Bertz CT molecular complexity index is 784. The highest BCUT2D eigenvalue weighted by Gasteiger charge is 2.39. The molecule has 4 atom stereocenters. The van der Waals surface area contributed by atoms with Crippen LogP contribution in [0.4, 0.5) is 0 Å². The molecule has 3 nitrogen and oxygen atoms in total. The van der Waals surface area contributed by atoms with Crippen molar-refractivity contribution >= 4 is 5.97 Å². The maximum absolute atomic E-state index is 12.5. The Morgan fingerprint density at radius 3 is 2.74 bits per heavy atom. The Labute approximate surface area is 162 Å². The summed E-state index contributed by atoms with van der Waals surface area (Å²) in [6, 6.07) is 0. The first-order chi connectivity index (χ1) is 13.0. The van der Waals surface area contributed by atoms with Gasteiger partial charge in [0.2, 0.25) is 0 Å². The average Bonchev–Trinajstić information content (AvgIpc) is 2.69. The molecule has 27 heavy (non-hydrogen) atoms. The van der Waals surface area contributed by atoms with Crippen LogP contribution in [0, 0.1) is 29.6 Å². The molecule has 0 aromatic rings. The molecule has 0 spiro atoms. The molecule has 4 aliphatic rings. The second-order valence-electron chi connectivity index (χ2n) is 8.62. The van der Waals surface area contributed by atoms with Crippen LogP contribution in [-0.4, -0.2) is 17.2 Å². The van der Waals surface area contributed by atoms with E-state index in [0.29, 0.717) is 11.5 Å². The van der Waals surface area contributed by atoms with E-state index < -0.39 is 6.10 Å². The number of carbonyl (C=O) groups excluding carboxylic acids is 1. The van der Waals surface area contributed by atoms with Crippen LogP contribution in [0.2, 0.25) is 0 Å². The average molecular weight is 367 g/mol. The molecule has 1 aliphatic heterocycles. The second kappa shape index (κ2) is 7.68. The molecule has 0 saturated heterocycles. The molecular formula is C24H30O3. The fourth-order valence-corrected chi connectivity index (χ4v) is 5.35. The Morgan fingerprint density at radius 1 is 1.11 bits per heavy atom. The van der Waals surface area contributed by atoms with E-state index in [9.17, 15) is 9.90 Å². The van der Waals surface area contributed by atoms with Gasteiger partial charge in [-0.05, 0) is 68.4 Å². The van der Waals surface area contributed by atoms with Gasteiger partial charge in [-0.3, -0.25) is 0 Å². The fraction of sp³-hybridized carbons (Fsp3) is 0.625. The number of aliphatic hydroxyl groups excluding tert-OH is 1. The first-order valence-corrected chi connectivity index (χ1v) is 10.6. The smallest absolute Gasteiger partial charge is 0.351 e. The monoisotopic (exact) mass is 366 g/mol. The lowest BCUT2D eigenvalue weighted by molar-refractivity contribution is -0.136. The number of hydrogen-bond donors (Lipinski definition) is 1. The molecular weight excluding hydrogens is 336 g/mol. The quantitative estimate of drug-likeness (QED) is 0.494. The topological polar surface area (TPSA) is 46.5 Å². The van der Waals surface area contributed by atoms with Gasteiger partial charge in [0.05, 0.1) is 0 Å². The SMILES string of the molecule is CC(O)C#CC1=CC2C(=C3CCCC4CCCCC(=C3CC4)C2C)OC1=O. The lowest BCUT2D eigenvalue weighted by Gasteiger charge is -2.38. The summed E-state index contributed by atoms with van der Waals surface area (Å²) in [6.07, 6.45) is 12.4. The first kappa shape index (κ1) is 18.6. The molecule has 144 valence electrons. The molecule has 1 N–H and O–H groups in total. The van der Waals surface area contributed by atoms with Gasteiger partial charge in [0, 0.05) is 5.92 Å². The zero-order valence-corrected chi connectivity index (χ0v) is 16.5. The number of esters is 1. The van der Waals surface area contributed by atoms with Crippen LogP contribution in [0.15, 0.2) is 34.1 Å². The molecule has 4 unspecified atom stereocenters. The lowest BCUT2D eigenvalue weighted by Crippen LogP contribution is -2.30. The van der Waals surface area contributed by atoms with Crippen molar-refractivity contribution in [2.24, 2.45) is 17.8 Å². The second-order valence-corrected chi connectivity index (χ2v) is 8.62. The molecule has 2 bridgehead atoms. The third kappa shape index (κ3) is 3.65. The van der Waals surface area contributed by atoms with E-state index in [1.54, 1.807) is 12.5 Å². The third-order valence-electron chi connectivity index (χ3n) is 6.78. The van der Waals surface area contributed by atoms with Crippen molar-refractivity contribution in [3.05, 3.63) is 34.1 Å². The van der Waals surface area contributed by atoms with Crippen molar-refractivity contribution in [3.8, 4) is 11.8 Å². The van der Waals surface area contributed by atoms with Crippen LogP contribution in [-0.2, 0) is 9.53 Å². The van der Waals surface area contributed by atoms with Crippen LogP contribution >= 0.6 is 0 Å². The number of aliphatic hydroxyl groups is 1. The third-order valence-corrected chi connectivity index (χ3v) is 6.78. The van der Waals surface area contributed by atoms with Crippen molar-refractivity contribution in [3.63, 3.8) is 0 Å². The van der Waals surface area contributed by atoms with E-state index in [-0.39, 0.29) is 11.9 Å². The molecule has 0 aromatic carbocycles. The summed E-state index contributed by atoms with van der Waals surface area (Å²) < 4.78 is 5.89. The molecule has 3 heteroatoms. The summed E-state index contributed by atoms with van der Waals surface area (Å²) in [5.41, 5.74) is 4.83. The van der Waals surface area contributed by atoms with Crippen LogP contribution in [0.3, 0.4) is 0 Å². The summed E-state index contributed by atoms with van der Waals surface area (Å²) in [7, 11) is 0. The van der Waals surface area contributed by atoms with Gasteiger partial charge in [0.1, 0.15) is 17.4 Å². The molecule has 1 fully saturated rings. The van der Waals surface area contributed by atoms with Gasteiger partial charge >= 0.3 is 5.97 Å². The predicted molar refractivity (Wildman–Crippen MR) is 105 cm³/mol. The van der Waals surface area contributed by atoms with Crippen LogP contribution in [0.25, 0.3) is 0 Å². The highest BCUT2D eigenvalue weighted by atomic mass is 16.5. The number of ether oxygens (including phenoxy) is 1. The van der Waals surface area contributed by atoms with E-state index in [4.69, 9.17) is 4.74 Å². The van der Waals surface area contributed by atoms with E-state index in [1.807, 2.05) is 6.08 Å². The van der Waals surface area contributed by atoms with Gasteiger partial charge in [-0.25, -0.2) is 4.79 Å². The van der Waals surface area contributed by atoms with Crippen molar-refractivity contribution in [1.82, 2.24) is 0 Å². The van der Waals surface area contributed by atoms with Gasteiger partial charge in [-0.15, -0.1) is 0 Å². The molecule has 0 radical (unpaired) electrons. The molecule has 3 aliphatic carbocycles. The minimum Gasteiger partial charge on any atom is -0.426 e. The predicted octanol–water partition coefficient (Wildman–Crippen LogP) is 4.82. The Hall–Kier alpha value is -1.79. The minimum absolute atomic E-state index is 0.103. The van der Waals surface area contributed by atoms with Gasteiger partial charge < -0.3 is 9.84 Å². The standard InChI is InChI=1S/C24H30O3/c1-15(25)10-12-18-14-22-16(2)19-8-4-3-6-17-7-5-9-21(20(19)13-11-17)23(22)27-24(18)26/h14-17,22,25H,3-9,11,13H2,1-2H3. The summed E-state index contributed by atoms with van der Waals surface area (Å²) in [6.45, 7) is 3.89. The summed E-state index contributed by atoms with van der Waals surface area (Å²) in [5, 5.41) is 9.44. The van der Waals surface area contributed by atoms with E-state index in [1.165, 1.54) is 56.1 Å². The summed E-state index contributed by atoms with van der Waals surface area (Å²) in [5.74, 6) is 7.38. The first-order valence-electron chi connectivity index (χ1n) is 10.6. The lowest BCUT2D eigenvalue weighted by atomic mass is 9.70. The Balaban J connectivity index is 1.78. The van der Waals surface area contributed by atoms with Gasteiger partial charge in [-0.1, -0.05) is 49.7 Å². The van der Waals surface area contributed by atoms with E-state index in [0.717, 1.165) is 24.5 Å². The Kier molecular flexibility index (Phi) is 5.28. The highest BCUT2D eigenvalue weighted by Crippen LogP contribution is 2.49. The van der Waals surface area contributed by atoms with Crippen LogP contribution in [0.5, 0.6) is 0 Å². The normalized spacial score (nSPS) is 31.9. The zero-order chi connectivity index (χ0) is 19.0. The van der Waals surface area contributed by atoms with E-state index >= 15 is 0 Å². The number of hydrogen-bond acceptors (Lipinski definition) is 3. The fourth-order valence-electron chi connectivity index (χ4n) is 5.35. The number of rotatable bonds is 0. The van der Waals surface area contributed by atoms with E-state index in [2.05, 4.69) is 18.8 Å². The highest BCUT2D eigenvalue weighted by molar-refractivity contribution is 5.95. The van der Waals surface area contributed by atoms with Crippen molar-refractivity contribution < 1.29 is 14.6 Å². The van der Waals surface area contributed by atoms with Gasteiger partial charge in [0.15, 0.2) is 0 Å². The largest absolute Gasteiger partial charge is 0.426 e. The van der Waals surface area contributed by atoms with Crippen LogP contribution in [0.1, 0.15) is 71.6 Å². The Morgan fingerprint density at radius 2 is 1.93 bits per heavy atom. The van der Waals surface area contributed by atoms with Crippen molar-refractivity contribution in [1.29, 1.82) is 0 Å².